The van der Waals surface area contributed by atoms with E-state index in [2.05, 4.69) is 37.9 Å². The molecule has 2 rings (SSSR count). The van der Waals surface area contributed by atoms with Gasteiger partial charge in [0.2, 0.25) is 0 Å². The summed E-state index contributed by atoms with van der Waals surface area (Å²) in [6.45, 7) is 9.47. The quantitative estimate of drug-likeness (QED) is 0.723. The van der Waals surface area contributed by atoms with E-state index in [-0.39, 0.29) is 11.0 Å². The van der Waals surface area contributed by atoms with Crippen LogP contribution >= 0.6 is 22.6 Å². The van der Waals surface area contributed by atoms with Crippen LogP contribution in [0.15, 0.2) is 23.0 Å². The van der Waals surface area contributed by atoms with Crippen LogP contribution in [0.3, 0.4) is 0 Å². The van der Waals surface area contributed by atoms with Crippen molar-refractivity contribution < 1.29 is 4.79 Å². The first kappa shape index (κ1) is 17.7. The molecular weight excluding hydrogens is 405 g/mol. The molecule has 0 spiro atoms. The number of carbonyl (C=O) groups is 1. The van der Waals surface area contributed by atoms with Crippen molar-refractivity contribution in [1.82, 2.24) is 9.97 Å². The van der Waals surface area contributed by atoms with Gasteiger partial charge in [0.05, 0.1) is 5.69 Å². The van der Waals surface area contributed by atoms with E-state index in [9.17, 15) is 9.59 Å². The minimum absolute atomic E-state index is 0.0518. The van der Waals surface area contributed by atoms with Crippen molar-refractivity contribution in [2.45, 2.75) is 40.0 Å². The highest BCUT2D eigenvalue weighted by atomic mass is 127. The summed E-state index contributed by atoms with van der Waals surface area (Å²) in [4.78, 5) is 31.9. The van der Waals surface area contributed by atoms with Crippen LogP contribution in [0.1, 0.15) is 48.2 Å². The van der Waals surface area contributed by atoms with Crippen LogP contribution in [0.5, 0.6) is 0 Å². The average Bonchev–Trinajstić information content (AvgIpc) is 2.40. The van der Waals surface area contributed by atoms with Gasteiger partial charge in [-0.15, -0.1) is 0 Å². The molecule has 1 aromatic heterocycles. The highest BCUT2D eigenvalue weighted by molar-refractivity contribution is 14.1. The first-order valence-electron chi connectivity index (χ1n) is 7.28. The van der Waals surface area contributed by atoms with E-state index in [0.717, 1.165) is 9.13 Å². The van der Waals surface area contributed by atoms with Crippen LogP contribution in [0.4, 0.5) is 5.69 Å². The van der Waals surface area contributed by atoms with E-state index in [4.69, 9.17) is 0 Å². The Kier molecular flexibility index (Phi) is 4.93. The molecule has 122 valence electrons. The molecular formula is C17H20IN3O2. The Bertz CT molecular complexity index is 820. The Morgan fingerprint density at radius 2 is 1.91 bits per heavy atom. The standard InChI is InChI=1S/C17H20IN3O2/c1-9-8-11(18)6-7-12(9)20-14(22)13-10(2)19-16(17(3,4)5)21-15(13)23/h6-8H,1-5H3,(H,20,22)(H,19,21,23). The van der Waals surface area contributed by atoms with E-state index in [1.165, 1.54) is 0 Å². The average molecular weight is 425 g/mol. The number of aromatic amines is 1. The third kappa shape index (κ3) is 3.99. The fourth-order valence-corrected chi connectivity index (χ4v) is 2.81. The van der Waals surface area contributed by atoms with Gasteiger partial charge in [-0.05, 0) is 60.2 Å². The van der Waals surface area contributed by atoms with E-state index in [1.807, 2.05) is 45.9 Å². The first-order valence-corrected chi connectivity index (χ1v) is 8.36. The van der Waals surface area contributed by atoms with Gasteiger partial charge in [0.1, 0.15) is 11.4 Å². The summed E-state index contributed by atoms with van der Waals surface area (Å²) in [6, 6.07) is 5.70. The van der Waals surface area contributed by atoms with E-state index < -0.39 is 11.5 Å². The SMILES string of the molecule is Cc1cc(I)ccc1NC(=O)c1c(C)nc(C(C)(C)C)[nH]c1=O. The van der Waals surface area contributed by atoms with Gasteiger partial charge in [0.15, 0.2) is 0 Å². The summed E-state index contributed by atoms with van der Waals surface area (Å²) in [7, 11) is 0. The molecule has 0 fully saturated rings. The molecule has 1 heterocycles. The van der Waals surface area contributed by atoms with Crippen molar-refractivity contribution >= 4 is 34.2 Å². The minimum Gasteiger partial charge on any atom is -0.322 e. The van der Waals surface area contributed by atoms with Crippen LogP contribution in [-0.4, -0.2) is 15.9 Å². The van der Waals surface area contributed by atoms with Gasteiger partial charge in [0.25, 0.3) is 11.5 Å². The minimum atomic E-state index is -0.444. The highest BCUT2D eigenvalue weighted by Gasteiger charge is 2.22. The lowest BCUT2D eigenvalue weighted by atomic mass is 9.95. The fourth-order valence-electron chi connectivity index (χ4n) is 2.16. The summed E-state index contributed by atoms with van der Waals surface area (Å²) in [5.74, 6) is 0.128. The molecule has 6 heteroatoms. The lowest BCUT2D eigenvalue weighted by Crippen LogP contribution is -2.30. The smallest absolute Gasteiger partial charge is 0.264 e. The van der Waals surface area contributed by atoms with Gasteiger partial charge in [0, 0.05) is 14.7 Å². The van der Waals surface area contributed by atoms with Crippen LogP contribution in [0, 0.1) is 17.4 Å². The van der Waals surface area contributed by atoms with Gasteiger partial charge < -0.3 is 10.3 Å². The summed E-state index contributed by atoms with van der Waals surface area (Å²) < 4.78 is 1.09. The molecule has 23 heavy (non-hydrogen) atoms. The molecule has 1 aromatic carbocycles. The van der Waals surface area contributed by atoms with Crippen molar-refractivity contribution in [3.63, 3.8) is 0 Å². The number of amides is 1. The van der Waals surface area contributed by atoms with Crippen molar-refractivity contribution in [2.24, 2.45) is 0 Å². The lowest BCUT2D eigenvalue weighted by molar-refractivity contribution is 0.102. The number of benzene rings is 1. The topological polar surface area (TPSA) is 74.8 Å². The van der Waals surface area contributed by atoms with Crippen LogP contribution < -0.4 is 10.9 Å². The second-order valence-electron chi connectivity index (χ2n) is 6.54. The predicted molar refractivity (Wildman–Crippen MR) is 100 cm³/mol. The van der Waals surface area contributed by atoms with Crippen molar-refractivity contribution in [3.8, 4) is 0 Å². The highest BCUT2D eigenvalue weighted by Crippen LogP contribution is 2.20. The summed E-state index contributed by atoms with van der Waals surface area (Å²) in [5, 5.41) is 2.79. The van der Waals surface area contributed by atoms with Crippen LogP contribution in [0.25, 0.3) is 0 Å². The third-order valence-electron chi connectivity index (χ3n) is 3.47. The van der Waals surface area contributed by atoms with E-state index in [0.29, 0.717) is 17.2 Å². The number of aromatic nitrogens is 2. The zero-order chi connectivity index (χ0) is 17.4. The number of halogens is 1. The number of carbonyl (C=O) groups excluding carboxylic acids is 1. The fraction of sp³-hybridized carbons (Fsp3) is 0.353. The summed E-state index contributed by atoms with van der Waals surface area (Å²) >= 11 is 2.21. The molecule has 2 N–H and O–H groups in total. The number of hydrogen-bond donors (Lipinski definition) is 2. The molecule has 0 saturated carbocycles. The number of rotatable bonds is 2. The first-order chi connectivity index (χ1) is 10.6. The molecule has 0 saturated heterocycles. The van der Waals surface area contributed by atoms with Crippen LogP contribution in [-0.2, 0) is 5.41 Å². The van der Waals surface area contributed by atoms with Crippen molar-refractivity contribution in [2.75, 3.05) is 5.32 Å². The molecule has 0 aliphatic heterocycles. The Morgan fingerprint density at radius 1 is 1.26 bits per heavy atom. The van der Waals surface area contributed by atoms with E-state index >= 15 is 0 Å². The molecule has 5 nitrogen and oxygen atoms in total. The van der Waals surface area contributed by atoms with Gasteiger partial charge in [-0.1, -0.05) is 20.8 Å². The number of anilines is 1. The maximum atomic E-state index is 12.5. The number of nitrogens with zero attached hydrogens (tertiary/aromatic N) is 1. The largest absolute Gasteiger partial charge is 0.322 e. The Morgan fingerprint density at radius 3 is 2.43 bits per heavy atom. The molecule has 0 atom stereocenters. The number of H-pyrrole nitrogens is 1. The summed E-state index contributed by atoms with van der Waals surface area (Å²) in [5.41, 5.74) is 1.41. The zero-order valence-corrected chi connectivity index (χ0v) is 16.0. The zero-order valence-electron chi connectivity index (χ0n) is 13.9. The Balaban J connectivity index is 2.38. The molecule has 0 aliphatic carbocycles. The number of hydrogen-bond acceptors (Lipinski definition) is 3. The van der Waals surface area contributed by atoms with E-state index in [1.54, 1.807) is 6.92 Å². The van der Waals surface area contributed by atoms with Crippen molar-refractivity contribution in [3.05, 3.63) is 54.8 Å². The number of nitrogens with one attached hydrogen (secondary N) is 2. The predicted octanol–water partition coefficient (Wildman–Crippen LogP) is 3.54. The maximum Gasteiger partial charge on any atom is 0.264 e. The summed E-state index contributed by atoms with van der Waals surface area (Å²) in [6.07, 6.45) is 0. The third-order valence-corrected chi connectivity index (χ3v) is 4.15. The van der Waals surface area contributed by atoms with Gasteiger partial charge in [-0.2, -0.15) is 0 Å². The normalized spacial score (nSPS) is 11.4. The molecule has 0 aliphatic rings. The lowest BCUT2D eigenvalue weighted by Gasteiger charge is -2.18. The number of aryl methyl sites for hydroxylation is 2. The van der Waals surface area contributed by atoms with Gasteiger partial charge in [-0.3, -0.25) is 9.59 Å². The second-order valence-corrected chi connectivity index (χ2v) is 7.78. The Labute approximate surface area is 149 Å². The molecule has 1 amide bonds. The molecule has 0 radical (unpaired) electrons. The second kappa shape index (κ2) is 6.43. The van der Waals surface area contributed by atoms with Gasteiger partial charge in [-0.25, -0.2) is 4.98 Å². The van der Waals surface area contributed by atoms with Gasteiger partial charge >= 0.3 is 0 Å². The van der Waals surface area contributed by atoms with Crippen molar-refractivity contribution in [1.29, 1.82) is 0 Å². The monoisotopic (exact) mass is 425 g/mol. The Hall–Kier alpha value is -1.70. The molecule has 2 aromatic rings. The molecule has 0 unspecified atom stereocenters. The van der Waals surface area contributed by atoms with Crippen LogP contribution in [0.2, 0.25) is 0 Å². The molecule has 0 bridgehead atoms. The maximum absolute atomic E-state index is 12.5.